The van der Waals surface area contributed by atoms with Crippen molar-refractivity contribution < 1.29 is 8.42 Å². The van der Waals surface area contributed by atoms with Gasteiger partial charge in [-0.05, 0) is 58.7 Å². The first-order chi connectivity index (χ1) is 17.6. The summed E-state index contributed by atoms with van der Waals surface area (Å²) in [5, 5.41) is -3.65. The minimum absolute atomic E-state index is 0.210. The molecule has 0 aliphatic heterocycles. The third-order valence-electron chi connectivity index (χ3n) is 6.00. The molecule has 0 aliphatic carbocycles. The number of alkyl halides is 2. The second kappa shape index (κ2) is 12.2. The molecule has 0 saturated heterocycles. The van der Waals surface area contributed by atoms with E-state index in [9.17, 15) is 8.42 Å². The zero-order chi connectivity index (χ0) is 26.7. The Kier molecular flexibility index (Phi) is 9.40. The molecule has 4 atom stereocenters. The first kappa shape index (κ1) is 28.6. The third kappa shape index (κ3) is 6.25. The lowest BCUT2D eigenvalue weighted by molar-refractivity contribution is 0.561. The number of hydrogen-bond acceptors (Lipinski definition) is 2. The van der Waals surface area contributed by atoms with Crippen molar-refractivity contribution >= 4 is 79.4 Å². The van der Waals surface area contributed by atoms with Gasteiger partial charge in [0.1, 0.15) is 10.5 Å². The Morgan fingerprint density at radius 3 is 1.22 bits per heavy atom. The maximum absolute atomic E-state index is 14.8. The molecule has 0 fully saturated rings. The van der Waals surface area contributed by atoms with Crippen LogP contribution in [0.15, 0.2) is 97.1 Å². The highest BCUT2D eigenvalue weighted by molar-refractivity contribution is 7.92. The largest absolute Gasteiger partial charge is 0.227 e. The van der Waals surface area contributed by atoms with Gasteiger partial charge in [-0.15, -0.1) is 23.2 Å². The maximum atomic E-state index is 14.8. The van der Waals surface area contributed by atoms with Crippen LogP contribution in [-0.2, 0) is 9.84 Å². The predicted molar refractivity (Wildman–Crippen MR) is 157 cm³/mol. The van der Waals surface area contributed by atoms with Crippen molar-refractivity contribution in [3.63, 3.8) is 0 Å². The van der Waals surface area contributed by atoms with Crippen LogP contribution < -0.4 is 0 Å². The molecule has 0 heterocycles. The SMILES string of the molecule is O=S(=O)(C(c1cc(Cl)ccc1Cl)C(Cl)c1ccccc1)C(c1cc(Cl)ccc1Cl)C(Cl)c1ccccc1. The van der Waals surface area contributed by atoms with Crippen molar-refractivity contribution in [3.05, 3.63) is 139 Å². The van der Waals surface area contributed by atoms with E-state index in [-0.39, 0.29) is 21.2 Å². The van der Waals surface area contributed by atoms with Gasteiger partial charge in [0.25, 0.3) is 0 Å². The van der Waals surface area contributed by atoms with E-state index in [0.717, 1.165) is 0 Å². The van der Waals surface area contributed by atoms with E-state index < -0.39 is 31.1 Å². The van der Waals surface area contributed by atoms with Gasteiger partial charge < -0.3 is 0 Å². The van der Waals surface area contributed by atoms with Crippen LogP contribution in [0.4, 0.5) is 0 Å². The van der Waals surface area contributed by atoms with E-state index in [1.54, 1.807) is 72.8 Å². The van der Waals surface area contributed by atoms with Gasteiger partial charge in [-0.2, -0.15) is 0 Å². The van der Waals surface area contributed by atoms with Gasteiger partial charge in [0.15, 0.2) is 9.84 Å². The van der Waals surface area contributed by atoms with Crippen molar-refractivity contribution in [2.75, 3.05) is 0 Å². The molecule has 2 nitrogen and oxygen atoms in total. The van der Waals surface area contributed by atoms with Crippen LogP contribution >= 0.6 is 69.6 Å². The van der Waals surface area contributed by atoms with Crippen molar-refractivity contribution in [3.8, 4) is 0 Å². The van der Waals surface area contributed by atoms with Gasteiger partial charge >= 0.3 is 0 Å². The number of benzene rings is 4. The number of halogens is 6. The Bertz CT molecular complexity index is 1370. The minimum atomic E-state index is -4.29. The first-order valence-corrected chi connectivity index (χ1v) is 15.1. The van der Waals surface area contributed by atoms with E-state index >= 15 is 0 Å². The summed E-state index contributed by atoms with van der Waals surface area (Å²) in [5.41, 5.74) is 1.71. The molecule has 0 aromatic heterocycles. The maximum Gasteiger partial charge on any atom is 0.168 e. The lowest BCUT2D eigenvalue weighted by Gasteiger charge is -2.32. The van der Waals surface area contributed by atoms with Crippen LogP contribution in [0.1, 0.15) is 43.5 Å². The Hall–Kier alpha value is -1.43. The number of rotatable bonds is 8. The molecule has 0 N–H and O–H groups in total. The molecule has 0 aliphatic rings. The fourth-order valence-electron chi connectivity index (χ4n) is 4.25. The van der Waals surface area contributed by atoms with Crippen molar-refractivity contribution in [1.29, 1.82) is 0 Å². The molecular weight excluding hydrogens is 613 g/mol. The average Bonchev–Trinajstić information content (AvgIpc) is 2.89. The molecule has 0 radical (unpaired) electrons. The Labute approximate surface area is 247 Å². The molecule has 0 saturated carbocycles. The molecule has 9 heteroatoms. The molecule has 4 rings (SSSR count). The highest BCUT2D eigenvalue weighted by atomic mass is 35.5. The van der Waals surface area contributed by atoms with E-state index in [4.69, 9.17) is 69.6 Å². The van der Waals surface area contributed by atoms with Crippen LogP contribution in [0.5, 0.6) is 0 Å². The molecule has 0 amide bonds. The Morgan fingerprint density at radius 1 is 0.514 bits per heavy atom. The fourth-order valence-corrected chi connectivity index (χ4v) is 9.03. The normalized spacial score (nSPS) is 15.1. The summed E-state index contributed by atoms with van der Waals surface area (Å²) in [4.78, 5) is 0. The summed E-state index contributed by atoms with van der Waals surface area (Å²) >= 11 is 39.7. The molecule has 4 unspecified atom stereocenters. The zero-order valence-corrected chi connectivity index (χ0v) is 24.4. The smallest absolute Gasteiger partial charge is 0.168 e. The summed E-state index contributed by atoms with van der Waals surface area (Å²) in [6, 6.07) is 27.1. The molecule has 0 bridgehead atoms. The highest BCUT2D eigenvalue weighted by Crippen LogP contribution is 2.53. The molecule has 0 spiro atoms. The predicted octanol–water partition coefficient (Wildman–Crippen LogP) is 10.5. The highest BCUT2D eigenvalue weighted by Gasteiger charge is 2.46. The topological polar surface area (TPSA) is 34.1 Å². The summed E-state index contributed by atoms with van der Waals surface area (Å²) in [5.74, 6) is 0. The van der Waals surface area contributed by atoms with Crippen molar-refractivity contribution in [2.45, 2.75) is 21.3 Å². The molecule has 4 aromatic rings. The Morgan fingerprint density at radius 2 is 0.865 bits per heavy atom. The lowest BCUT2D eigenvalue weighted by Crippen LogP contribution is -2.27. The number of hydrogen-bond donors (Lipinski definition) is 0. The quantitative estimate of drug-likeness (QED) is 0.181. The summed E-state index contributed by atoms with van der Waals surface area (Å²) in [6.07, 6.45) is 0. The first-order valence-electron chi connectivity index (χ1n) is 11.1. The molecule has 37 heavy (non-hydrogen) atoms. The molecular formula is C28H20Cl6O2S. The van der Waals surface area contributed by atoms with Crippen molar-refractivity contribution in [1.82, 2.24) is 0 Å². The minimum Gasteiger partial charge on any atom is -0.227 e. The van der Waals surface area contributed by atoms with Gasteiger partial charge in [0.2, 0.25) is 0 Å². The fraction of sp³-hybridized carbons (Fsp3) is 0.143. The second-order valence-corrected chi connectivity index (χ2v) is 13.2. The van der Waals surface area contributed by atoms with Gasteiger partial charge in [-0.25, -0.2) is 8.42 Å². The summed E-state index contributed by atoms with van der Waals surface area (Å²) in [7, 11) is -4.29. The zero-order valence-electron chi connectivity index (χ0n) is 19.0. The second-order valence-electron chi connectivity index (χ2n) is 8.39. The molecule has 4 aromatic carbocycles. The van der Waals surface area contributed by atoms with E-state index in [2.05, 4.69) is 0 Å². The van der Waals surface area contributed by atoms with Crippen LogP contribution in [0, 0.1) is 0 Å². The van der Waals surface area contributed by atoms with Gasteiger partial charge in [0, 0.05) is 20.1 Å². The standard InChI is InChI=1S/C28H20Cl6O2S/c29-19-11-13-23(31)21(15-19)27(25(33)17-7-3-1-4-8-17)37(35,36)28(22-16-20(30)12-14-24(22)32)26(34)18-9-5-2-6-10-18/h1-16,25-28H. The van der Waals surface area contributed by atoms with Crippen LogP contribution in [0.3, 0.4) is 0 Å². The van der Waals surface area contributed by atoms with Crippen LogP contribution in [0.25, 0.3) is 0 Å². The molecule has 192 valence electrons. The van der Waals surface area contributed by atoms with Gasteiger partial charge in [-0.3, -0.25) is 0 Å². The van der Waals surface area contributed by atoms with Crippen LogP contribution in [-0.4, -0.2) is 8.42 Å². The summed E-state index contributed by atoms with van der Waals surface area (Å²) in [6.45, 7) is 0. The average molecular weight is 633 g/mol. The lowest BCUT2D eigenvalue weighted by atomic mass is 10.0. The third-order valence-corrected chi connectivity index (χ3v) is 10.9. The van der Waals surface area contributed by atoms with E-state index in [0.29, 0.717) is 21.2 Å². The van der Waals surface area contributed by atoms with Crippen molar-refractivity contribution in [2.24, 2.45) is 0 Å². The van der Waals surface area contributed by atoms with Gasteiger partial charge in [-0.1, -0.05) is 107 Å². The monoisotopic (exact) mass is 630 g/mol. The Balaban J connectivity index is 2.00. The van der Waals surface area contributed by atoms with E-state index in [1.165, 1.54) is 12.1 Å². The van der Waals surface area contributed by atoms with E-state index in [1.807, 2.05) is 12.1 Å². The van der Waals surface area contributed by atoms with Crippen LogP contribution in [0.2, 0.25) is 20.1 Å². The number of sulfone groups is 1. The summed E-state index contributed by atoms with van der Waals surface area (Å²) < 4.78 is 29.6. The van der Waals surface area contributed by atoms with Gasteiger partial charge in [0.05, 0.1) is 10.8 Å².